The molecular weight excluding hydrogens is 501 g/mol. The second-order valence-electron chi connectivity index (χ2n) is 10.4. The second-order valence-corrected chi connectivity index (χ2v) is 11.8. The molecule has 9 heteroatoms. The van der Waals surface area contributed by atoms with Gasteiger partial charge in [0.25, 0.3) is 14.1 Å². The van der Waals surface area contributed by atoms with E-state index in [1.54, 1.807) is 13.1 Å². The van der Waals surface area contributed by atoms with Crippen LogP contribution < -0.4 is 11.2 Å². The van der Waals surface area contributed by atoms with Gasteiger partial charge in [-0.1, -0.05) is 67.6 Å². The third kappa shape index (κ3) is 4.80. The maximum atomic E-state index is 12.5. The van der Waals surface area contributed by atoms with Crippen LogP contribution in [-0.4, -0.2) is 45.1 Å². The highest BCUT2D eigenvalue weighted by Crippen LogP contribution is 2.60. The third-order valence-corrected chi connectivity index (χ3v) is 9.77. The van der Waals surface area contributed by atoms with E-state index < -0.39 is 20.4 Å². The number of aromatic amines is 1. The molecule has 0 aliphatic carbocycles. The summed E-state index contributed by atoms with van der Waals surface area (Å²) in [6.45, 7) is 4.71. The van der Waals surface area contributed by atoms with Crippen LogP contribution in [0.2, 0.25) is 0 Å². The van der Waals surface area contributed by atoms with Crippen molar-refractivity contribution in [2.75, 3.05) is 6.54 Å². The summed E-state index contributed by atoms with van der Waals surface area (Å²) in [5.74, 6) is 0.108. The molecule has 0 saturated carbocycles. The van der Waals surface area contributed by atoms with Gasteiger partial charge >= 0.3 is 5.69 Å². The molecule has 3 fully saturated rings. The molecule has 1 N–H and O–H groups in total. The first-order valence-corrected chi connectivity index (χ1v) is 14.6. The van der Waals surface area contributed by atoms with E-state index in [1.807, 2.05) is 0 Å². The molecule has 6 atom stereocenters. The number of H-pyrrole nitrogens is 1. The van der Waals surface area contributed by atoms with Crippen molar-refractivity contribution in [2.45, 2.75) is 76.0 Å². The van der Waals surface area contributed by atoms with E-state index in [2.05, 4.69) is 77.2 Å². The summed E-state index contributed by atoms with van der Waals surface area (Å²) in [7, 11) is -1.28. The van der Waals surface area contributed by atoms with Gasteiger partial charge in [0.05, 0.1) is 18.3 Å². The largest absolute Gasteiger partial charge is 0.352 e. The van der Waals surface area contributed by atoms with Crippen molar-refractivity contribution in [1.29, 1.82) is 0 Å². The van der Waals surface area contributed by atoms with Crippen LogP contribution in [0.1, 0.15) is 61.4 Å². The van der Waals surface area contributed by atoms with Crippen molar-refractivity contribution in [3.05, 3.63) is 104 Å². The highest BCUT2D eigenvalue weighted by Gasteiger charge is 2.52. The normalized spacial score (nSPS) is 29.2. The lowest BCUT2D eigenvalue weighted by molar-refractivity contribution is -0.0190. The Hall–Kier alpha value is -2.61. The number of hydrogen-bond acceptors (Lipinski definition) is 6. The Balaban J connectivity index is 1.25. The van der Waals surface area contributed by atoms with E-state index >= 15 is 0 Å². The Kier molecular flexibility index (Phi) is 7.34. The summed E-state index contributed by atoms with van der Waals surface area (Å²) >= 11 is 0. The van der Waals surface area contributed by atoms with Gasteiger partial charge < -0.3 is 13.8 Å². The smallest absolute Gasteiger partial charge is 0.330 e. The van der Waals surface area contributed by atoms with E-state index in [0.29, 0.717) is 12.0 Å². The van der Waals surface area contributed by atoms with Crippen molar-refractivity contribution >= 4 is 8.53 Å². The first-order valence-electron chi connectivity index (χ1n) is 13.5. The fraction of sp³-hybridized carbons (Fsp3) is 0.448. The highest BCUT2D eigenvalue weighted by atomic mass is 31.2. The van der Waals surface area contributed by atoms with Gasteiger partial charge in [-0.15, -0.1) is 0 Å². The zero-order valence-corrected chi connectivity index (χ0v) is 22.6. The topological polar surface area (TPSA) is 85.8 Å². The molecule has 1 aromatic heterocycles. The van der Waals surface area contributed by atoms with Gasteiger partial charge in [0.2, 0.25) is 0 Å². The Labute approximate surface area is 223 Å². The summed E-state index contributed by atoms with van der Waals surface area (Å²) < 4.78 is 23.8. The van der Waals surface area contributed by atoms with Crippen LogP contribution in [0.25, 0.3) is 0 Å². The molecule has 0 radical (unpaired) electrons. The summed E-state index contributed by atoms with van der Waals surface area (Å²) in [5.41, 5.74) is 2.14. The lowest BCUT2D eigenvalue weighted by atomic mass is 9.83. The van der Waals surface area contributed by atoms with E-state index in [9.17, 15) is 9.59 Å². The second kappa shape index (κ2) is 10.9. The molecule has 1 unspecified atom stereocenters. The van der Waals surface area contributed by atoms with Crippen molar-refractivity contribution in [2.24, 2.45) is 0 Å². The monoisotopic (exact) mass is 535 g/mol. The molecule has 38 heavy (non-hydrogen) atoms. The van der Waals surface area contributed by atoms with Crippen LogP contribution in [-0.2, 0) is 13.8 Å². The predicted molar refractivity (Wildman–Crippen MR) is 146 cm³/mol. The standard InChI is InChI=1S/C29H34N3O5P/c1-3-23-24(17-25(35-23)31-18-19(2)28(33)30-29(31)34)36-38-32-16-10-15-22(32)27(37-38)26(20-11-6-4-7-12-20)21-13-8-5-9-14-21/h4-9,11-14,18,22-27H,3,10,15-17H2,1-2H3,(H,30,33,34)/t22-,23+,24?,25+,27-,38-/m0/s1. The lowest BCUT2D eigenvalue weighted by Gasteiger charge is -2.27. The number of fused-ring (bicyclic) bond motifs is 1. The maximum Gasteiger partial charge on any atom is 0.330 e. The van der Waals surface area contributed by atoms with Crippen LogP contribution in [0.15, 0.2) is 76.4 Å². The Bertz CT molecular complexity index is 1320. The van der Waals surface area contributed by atoms with Gasteiger partial charge in [0, 0.05) is 36.7 Å². The summed E-state index contributed by atoms with van der Waals surface area (Å²) in [4.78, 5) is 26.8. The van der Waals surface area contributed by atoms with E-state index in [0.717, 1.165) is 25.8 Å². The van der Waals surface area contributed by atoms with Gasteiger partial charge in [0.1, 0.15) is 6.23 Å². The minimum atomic E-state index is -1.28. The molecule has 2 aromatic carbocycles. The molecular formula is C29H34N3O5P. The molecule has 200 valence electrons. The average Bonchev–Trinajstić information content (AvgIpc) is 3.65. The van der Waals surface area contributed by atoms with Crippen LogP contribution >= 0.6 is 8.53 Å². The van der Waals surface area contributed by atoms with Crippen LogP contribution in [0, 0.1) is 6.92 Å². The molecule has 0 bridgehead atoms. The zero-order valence-electron chi connectivity index (χ0n) is 21.7. The number of benzene rings is 2. The van der Waals surface area contributed by atoms with Crippen LogP contribution in [0.4, 0.5) is 0 Å². The number of nitrogens with zero attached hydrogens (tertiary/aromatic N) is 2. The molecule has 3 aromatic rings. The number of hydrogen-bond donors (Lipinski definition) is 1. The first kappa shape index (κ1) is 25.7. The Morgan fingerprint density at radius 1 is 1.08 bits per heavy atom. The maximum absolute atomic E-state index is 12.5. The van der Waals surface area contributed by atoms with Crippen LogP contribution in [0.5, 0.6) is 0 Å². The first-order chi connectivity index (χ1) is 18.5. The quantitative estimate of drug-likeness (QED) is 0.436. The van der Waals surface area contributed by atoms with Gasteiger partial charge in [0.15, 0.2) is 0 Å². The molecule has 3 saturated heterocycles. The van der Waals surface area contributed by atoms with Crippen molar-refractivity contribution in [1.82, 2.24) is 14.2 Å². The Morgan fingerprint density at radius 3 is 2.42 bits per heavy atom. The average molecular weight is 536 g/mol. The Morgan fingerprint density at radius 2 is 1.76 bits per heavy atom. The fourth-order valence-corrected chi connectivity index (χ4v) is 8.08. The van der Waals surface area contributed by atoms with Crippen molar-refractivity contribution in [3.8, 4) is 0 Å². The van der Waals surface area contributed by atoms with E-state index in [4.69, 9.17) is 13.8 Å². The van der Waals surface area contributed by atoms with Crippen molar-refractivity contribution < 1.29 is 13.8 Å². The van der Waals surface area contributed by atoms with E-state index in [1.165, 1.54) is 15.7 Å². The molecule has 0 amide bonds. The van der Waals surface area contributed by atoms with E-state index in [-0.39, 0.29) is 35.8 Å². The molecule has 4 heterocycles. The number of nitrogens with one attached hydrogen (secondary N) is 1. The molecule has 0 spiro atoms. The summed E-state index contributed by atoms with van der Waals surface area (Å²) in [5, 5.41) is 0. The highest BCUT2D eigenvalue weighted by molar-refractivity contribution is 7.45. The van der Waals surface area contributed by atoms with Gasteiger partial charge in [-0.25, -0.2) is 9.46 Å². The molecule has 8 nitrogen and oxygen atoms in total. The minimum Gasteiger partial charge on any atom is -0.352 e. The molecule has 6 rings (SSSR count). The minimum absolute atomic E-state index is 0.0175. The lowest BCUT2D eigenvalue weighted by Crippen LogP contribution is -2.33. The summed E-state index contributed by atoms with van der Waals surface area (Å²) in [6.07, 6.45) is 4.18. The fourth-order valence-electron chi connectivity index (χ4n) is 6.07. The zero-order chi connectivity index (χ0) is 26.2. The third-order valence-electron chi connectivity index (χ3n) is 7.98. The van der Waals surface area contributed by atoms with Gasteiger partial charge in [-0.05, 0) is 37.3 Å². The molecule has 3 aliphatic rings. The molecule has 3 aliphatic heterocycles. The van der Waals surface area contributed by atoms with Crippen molar-refractivity contribution in [3.63, 3.8) is 0 Å². The summed E-state index contributed by atoms with van der Waals surface area (Å²) in [6, 6.07) is 21.5. The number of rotatable bonds is 7. The SMILES string of the molecule is CC[C@H]1O[C@@H](n2cc(C)c(=O)[nH]c2=O)CC1O[P@@]1O[C@H](C(c2ccccc2)c2ccccc2)[C@@H]2CCCN21. The number of aromatic nitrogens is 2. The number of ether oxygens (including phenoxy) is 1. The number of aryl methyl sites for hydroxylation is 1. The predicted octanol–water partition coefficient (Wildman–Crippen LogP) is 4.85. The van der Waals surface area contributed by atoms with Gasteiger partial charge in [-0.2, -0.15) is 0 Å². The van der Waals surface area contributed by atoms with Crippen LogP contribution in [0.3, 0.4) is 0 Å². The van der Waals surface area contributed by atoms with Gasteiger partial charge in [-0.3, -0.25) is 14.3 Å².